The van der Waals surface area contributed by atoms with Gasteiger partial charge >= 0.3 is 0 Å². The summed E-state index contributed by atoms with van der Waals surface area (Å²) in [6, 6.07) is 11.8. The number of rotatable bonds is 7. The molecule has 0 N–H and O–H groups in total. The van der Waals surface area contributed by atoms with Crippen molar-refractivity contribution in [2.24, 2.45) is 0 Å². The van der Waals surface area contributed by atoms with Crippen LogP contribution in [-0.2, 0) is 11.3 Å². The molecule has 0 atom stereocenters. The van der Waals surface area contributed by atoms with E-state index >= 15 is 0 Å². The van der Waals surface area contributed by atoms with Crippen LogP contribution in [0.3, 0.4) is 0 Å². The van der Waals surface area contributed by atoms with Crippen molar-refractivity contribution in [2.75, 3.05) is 28.4 Å². The van der Waals surface area contributed by atoms with Gasteiger partial charge < -0.3 is 18.9 Å². The Morgan fingerprint density at radius 2 is 1.30 bits per heavy atom. The van der Waals surface area contributed by atoms with Gasteiger partial charge in [0.1, 0.15) is 17.2 Å². The lowest BCUT2D eigenvalue weighted by Crippen LogP contribution is -1.99. The van der Waals surface area contributed by atoms with Gasteiger partial charge in [0.05, 0.1) is 33.5 Å². The van der Waals surface area contributed by atoms with Gasteiger partial charge in [-0.3, -0.25) is 0 Å². The molecular weight excluding hydrogens is 292 g/mol. The van der Waals surface area contributed by atoms with E-state index in [-0.39, 0.29) is 0 Å². The highest BCUT2D eigenvalue weighted by molar-refractivity contribution is 5.72. The van der Waals surface area contributed by atoms with E-state index in [0.717, 1.165) is 33.9 Å². The first kappa shape index (κ1) is 16.9. The Morgan fingerprint density at radius 1 is 0.739 bits per heavy atom. The molecule has 4 nitrogen and oxygen atoms in total. The Balaban J connectivity index is 2.29. The zero-order valence-electron chi connectivity index (χ0n) is 14.0. The smallest absolute Gasteiger partial charge is 0.128 e. The summed E-state index contributed by atoms with van der Waals surface area (Å²) in [5.41, 5.74) is 2.98. The van der Waals surface area contributed by atoms with Crippen LogP contribution >= 0.6 is 0 Å². The molecule has 4 heteroatoms. The predicted molar refractivity (Wildman–Crippen MR) is 92.2 cm³/mol. The van der Waals surface area contributed by atoms with Gasteiger partial charge in [0.25, 0.3) is 0 Å². The van der Waals surface area contributed by atoms with Gasteiger partial charge in [0.2, 0.25) is 0 Å². The van der Waals surface area contributed by atoms with Crippen LogP contribution in [0.15, 0.2) is 36.4 Å². The average Bonchev–Trinajstić information content (AvgIpc) is 2.61. The molecule has 2 aromatic carbocycles. The molecule has 0 amide bonds. The second-order valence-electron chi connectivity index (χ2n) is 4.94. The molecule has 0 bridgehead atoms. The Bertz CT molecular complexity index is 635. The van der Waals surface area contributed by atoms with E-state index in [4.69, 9.17) is 18.9 Å². The highest BCUT2D eigenvalue weighted by atomic mass is 16.5. The zero-order valence-corrected chi connectivity index (χ0v) is 14.0. The van der Waals surface area contributed by atoms with Crippen molar-refractivity contribution in [2.45, 2.75) is 6.61 Å². The summed E-state index contributed by atoms with van der Waals surface area (Å²) >= 11 is 0. The third-order valence-corrected chi connectivity index (χ3v) is 3.50. The maximum Gasteiger partial charge on any atom is 0.128 e. The molecule has 0 aliphatic heterocycles. The lowest BCUT2D eigenvalue weighted by atomic mass is 10.1. The molecular formula is C19H22O4. The van der Waals surface area contributed by atoms with E-state index in [0.29, 0.717) is 6.61 Å². The van der Waals surface area contributed by atoms with Crippen LogP contribution in [0, 0.1) is 0 Å². The minimum atomic E-state index is 0.439. The van der Waals surface area contributed by atoms with E-state index in [2.05, 4.69) is 0 Å². The van der Waals surface area contributed by atoms with Gasteiger partial charge in [-0.15, -0.1) is 0 Å². The first-order chi connectivity index (χ1) is 11.2. The van der Waals surface area contributed by atoms with Crippen LogP contribution < -0.4 is 14.2 Å². The van der Waals surface area contributed by atoms with Crippen molar-refractivity contribution in [1.82, 2.24) is 0 Å². The topological polar surface area (TPSA) is 36.9 Å². The molecule has 23 heavy (non-hydrogen) atoms. The molecule has 2 aromatic rings. The van der Waals surface area contributed by atoms with Crippen LogP contribution in [0.2, 0.25) is 0 Å². The second-order valence-corrected chi connectivity index (χ2v) is 4.94. The van der Waals surface area contributed by atoms with Crippen molar-refractivity contribution in [3.8, 4) is 17.2 Å². The van der Waals surface area contributed by atoms with E-state index in [1.807, 2.05) is 48.6 Å². The quantitative estimate of drug-likeness (QED) is 0.723. The fourth-order valence-corrected chi connectivity index (χ4v) is 2.29. The highest BCUT2D eigenvalue weighted by Gasteiger charge is 2.11. The lowest BCUT2D eigenvalue weighted by molar-refractivity contribution is 0.178. The standard InChI is InChI=1S/C19H22O4/c1-20-13-17-18(22-3)11-15(12-19(17)23-4)6-5-14-7-9-16(21-2)10-8-14/h5-12H,13H2,1-4H3/b6-5-. The van der Waals surface area contributed by atoms with E-state index in [1.54, 1.807) is 28.4 Å². The second kappa shape index (κ2) is 8.25. The molecule has 2 rings (SSSR count). The van der Waals surface area contributed by atoms with Gasteiger partial charge in [0.15, 0.2) is 0 Å². The molecule has 0 saturated heterocycles. The van der Waals surface area contributed by atoms with Crippen LogP contribution in [0.5, 0.6) is 17.2 Å². The van der Waals surface area contributed by atoms with E-state index in [1.165, 1.54) is 0 Å². The van der Waals surface area contributed by atoms with Crippen LogP contribution in [-0.4, -0.2) is 28.4 Å². The van der Waals surface area contributed by atoms with Gasteiger partial charge in [0, 0.05) is 7.11 Å². The molecule has 122 valence electrons. The van der Waals surface area contributed by atoms with Crippen LogP contribution in [0.1, 0.15) is 16.7 Å². The van der Waals surface area contributed by atoms with Crippen molar-refractivity contribution >= 4 is 12.2 Å². The van der Waals surface area contributed by atoms with Crippen LogP contribution in [0.25, 0.3) is 12.2 Å². The summed E-state index contributed by atoms with van der Waals surface area (Å²) in [6.45, 7) is 0.439. The van der Waals surface area contributed by atoms with Crippen molar-refractivity contribution in [3.05, 3.63) is 53.1 Å². The molecule has 0 saturated carbocycles. The van der Waals surface area contributed by atoms with E-state index in [9.17, 15) is 0 Å². The first-order valence-corrected chi connectivity index (χ1v) is 7.27. The number of benzene rings is 2. The summed E-state index contributed by atoms with van der Waals surface area (Å²) in [5, 5.41) is 0. The summed E-state index contributed by atoms with van der Waals surface area (Å²) in [5.74, 6) is 2.34. The van der Waals surface area contributed by atoms with Crippen molar-refractivity contribution < 1.29 is 18.9 Å². The maximum absolute atomic E-state index is 5.45. The fraction of sp³-hybridized carbons (Fsp3) is 0.263. The van der Waals surface area contributed by atoms with Gasteiger partial charge in [-0.1, -0.05) is 24.3 Å². The molecule has 0 aliphatic rings. The van der Waals surface area contributed by atoms with Crippen molar-refractivity contribution in [3.63, 3.8) is 0 Å². The highest BCUT2D eigenvalue weighted by Crippen LogP contribution is 2.32. The predicted octanol–water partition coefficient (Wildman–Crippen LogP) is 4.03. The summed E-state index contributed by atoms with van der Waals surface area (Å²) in [7, 11) is 6.59. The summed E-state index contributed by atoms with van der Waals surface area (Å²) in [6.07, 6.45) is 4.05. The number of ether oxygens (including phenoxy) is 4. The molecule has 0 aromatic heterocycles. The number of hydrogen-bond donors (Lipinski definition) is 0. The zero-order chi connectivity index (χ0) is 16.7. The molecule has 0 heterocycles. The SMILES string of the molecule is COCc1c(OC)cc(/C=C\c2ccc(OC)cc2)cc1OC. The van der Waals surface area contributed by atoms with Gasteiger partial charge in [-0.25, -0.2) is 0 Å². The summed E-state index contributed by atoms with van der Waals surface area (Å²) in [4.78, 5) is 0. The Hall–Kier alpha value is -2.46. The maximum atomic E-state index is 5.45. The molecule has 0 aliphatic carbocycles. The number of hydrogen-bond acceptors (Lipinski definition) is 4. The molecule has 0 fully saturated rings. The average molecular weight is 314 g/mol. The number of methoxy groups -OCH3 is 4. The molecule has 0 radical (unpaired) electrons. The van der Waals surface area contributed by atoms with Crippen molar-refractivity contribution in [1.29, 1.82) is 0 Å². The Morgan fingerprint density at radius 3 is 1.78 bits per heavy atom. The fourth-order valence-electron chi connectivity index (χ4n) is 2.29. The minimum absolute atomic E-state index is 0.439. The first-order valence-electron chi connectivity index (χ1n) is 7.27. The van der Waals surface area contributed by atoms with Gasteiger partial charge in [-0.05, 0) is 35.4 Å². The largest absolute Gasteiger partial charge is 0.497 e. The van der Waals surface area contributed by atoms with Crippen LogP contribution in [0.4, 0.5) is 0 Å². The Kier molecular flexibility index (Phi) is 6.06. The molecule has 0 spiro atoms. The Labute approximate surface area is 137 Å². The minimum Gasteiger partial charge on any atom is -0.497 e. The lowest BCUT2D eigenvalue weighted by Gasteiger charge is -2.13. The normalized spacial score (nSPS) is 10.8. The van der Waals surface area contributed by atoms with Gasteiger partial charge in [-0.2, -0.15) is 0 Å². The third-order valence-electron chi connectivity index (χ3n) is 3.50. The van der Waals surface area contributed by atoms with E-state index < -0.39 is 0 Å². The summed E-state index contributed by atoms with van der Waals surface area (Å²) < 4.78 is 21.3. The monoisotopic (exact) mass is 314 g/mol. The third kappa shape index (κ3) is 4.27. The molecule has 0 unspecified atom stereocenters.